The summed E-state index contributed by atoms with van der Waals surface area (Å²) in [5, 5.41) is 0.723. The molecule has 170 valence electrons. The van der Waals surface area contributed by atoms with E-state index in [1.807, 2.05) is 13.8 Å². The second-order valence-corrected chi connectivity index (χ2v) is 8.91. The number of carbonyl (C=O) groups is 4. The molecule has 2 rings (SSSR count). The third-order valence-electron chi connectivity index (χ3n) is 4.67. The van der Waals surface area contributed by atoms with Gasteiger partial charge in [0, 0.05) is 31.8 Å². The van der Waals surface area contributed by atoms with Crippen LogP contribution in [0.2, 0.25) is 10.0 Å². The van der Waals surface area contributed by atoms with Crippen LogP contribution in [0.15, 0.2) is 42.5 Å². The molecule has 0 fully saturated rings. The Morgan fingerprint density at radius 2 is 1.50 bits per heavy atom. The summed E-state index contributed by atoms with van der Waals surface area (Å²) in [4.78, 5) is 52.4. The van der Waals surface area contributed by atoms with Crippen molar-refractivity contribution in [3.63, 3.8) is 0 Å². The molecule has 0 bridgehead atoms. The minimum absolute atomic E-state index is 0.0237. The largest absolute Gasteiger partial charge is 0.345 e. The standard InChI is InChI=1S/C24H26Cl2N2O4/c1-15(2)11-21(29)22(30)13-23(31)28(14-16-5-10-19(25)20(26)12-16)18-8-6-17(7-9-18)24(32)27(3)4/h5-10,12,15H,11,13-14H2,1-4H3. The van der Waals surface area contributed by atoms with Crippen LogP contribution in [0.4, 0.5) is 5.69 Å². The van der Waals surface area contributed by atoms with Crippen LogP contribution in [-0.4, -0.2) is 42.4 Å². The van der Waals surface area contributed by atoms with Crippen LogP contribution in [0, 0.1) is 5.92 Å². The minimum Gasteiger partial charge on any atom is -0.345 e. The van der Waals surface area contributed by atoms with E-state index in [-0.39, 0.29) is 24.8 Å². The second-order valence-electron chi connectivity index (χ2n) is 8.10. The smallest absolute Gasteiger partial charge is 0.253 e. The van der Waals surface area contributed by atoms with Gasteiger partial charge in [-0.15, -0.1) is 0 Å². The quantitative estimate of drug-likeness (QED) is 0.384. The number of carbonyl (C=O) groups excluding carboxylic acids is 4. The average Bonchev–Trinajstić information content (AvgIpc) is 2.73. The average molecular weight is 477 g/mol. The molecule has 0 saturated carbocycles. The summed E-state index contributed by atoms with van der Waals surface area (Å²) < 4.78 is 0. The summed E-state index contributed by atoms with van der Waals surface area (Å²) in [5.41, 5.74) is 1.64. The summed E-state index contributed by atoms with van der Waals surface area (Å²) in [6.07, 6.45) is -0.439. The van der Waals surface area contributed by atoms with E-state index in [0.717, 1.165) is 0 Å². The molecule has 0 saturated heterocycles. The lowest BCUT2D eigenvalue weighted by Crippen LogP contribution is -2.34. The summed E-state index contributed by atoms with van der Waals surface area (Å²) in [6.45, 7) is 3.78. The molecule has 0 radical (unpaired) electrons. The summed E-state index contributed by atoms with van der Waals surface area (Å²) in [7, 11) is 3.30. The first kappa shape index (κ1) is 25.6. The maximum absolute atomic E-state index is 13.0. The number of amides is 2. The second kappa shape index (κ2) is 11.2. The Kier molecular flexibility index (Phi) is 8.99. The Morgan fingerprint density at radius 1 is 0.875 bits per heavy atom. The van der Waals surface area contributed by atoms with Gasteiger partial charge in [-0.2, -0.15) is 0 Å². The van der Waals surface area contributed by atoms with Crippen molar-refractivity contribution in [3.05, 3.63) is 63.6 Å². The van der Waals surface area contributed by atoms with E-state index in [4.69, 9.17) is 23.2 Å². The van der Waals surface area contributed by atoms with Crippen molar-refractivity contribution in [1.82, 2.24) is 4.90 Å². The number of ketones is 2. The molecule has 2 aromatic carbocycles. The third kappa shape index (κ3) is 6.90. The normalized spacial score (nSPS) is 10.7. The van der Waals surface area contributed by atoms with Gasteiger partial charge in [0.1, 0.15) is 0 Å². The van der Waals surface area contributed by atoms with E-state index in [1.165, 1.54) is 9.80 Å². The van der Waals surface area contributed by atoms with Crippen LogP contribution >= 0.6 is 23.2 Å². The van der Waals surface area contributed by atoms with Gasteiger partial charge in [0.25, 0.3) is 5.91 Å². The predicted molar refractivity (Wildman–Crippen MR) is 126 cm³/mol. The van der Waals surface area contributed by atoms with Crippen molar-refractivity contribution in [3.8, 4) is 0 Å². The highest BCUT2D eigenvalue weighted by Gasteiger charge is 2.24. The van der Waals surface area contributed by atoms with Crippen LogP contribution in [0.3, 0.4) is 0 Å². The van der Waals surface area contributed by atoms with Crippen LogP contribution in [0.25, 0.3) is 0 Å². The fourth-order valence-corrected chi connectivity index (χ4v) is 3.32. The predicted octanol–water partition coefficient (Wildman–Crippen LogP) is 4.80. The van der Waals surface area contributed by atoms with Gasteiger partial charge in [0.2, 0.25) is 11.7 Å². The molecular weight excluding hydrogens is 451 g/mol. The van der Waals surface area contributed by atoms with E-state index >= 15 is 0 Å². The van der Waals surface area contributed by atoms with Gasteiger partial charge in [-0.25, -0.2) is 0 Å². The van der Waals surface area contributed by atoms with E-state index in [2.05, 4.69) is 0 Å². The molecule has 32 heavy (non-hydrogen) atoms. The first-order valence-corrected chi connectivity index (χ1v) is 10.9. The number of nitrogens with zero attached hydrogens (tertiary/aromatic N) is 2. The number of Topliss-reactive ketones (excluding diaryl/α,β-unsaturated/α-hetero) is 2. The monoisotopic (exact) mass is 476 g/mol. The molecule has 6 nitrogen and oxygen atoms in total. The third-order valence-corrected chi connectivity index (χ3v) is 5.41. The number of hydrogen-bond acceptors (Lipinski definition) is 4. The zero-order chi connectivity index (χ0) is 24.0. The highest BCUT2D eigenvalue weighted by molar-refractivity contribution is 6.42. The molecule has 0 aliphatic rings. The van der Waals surface area contributed by atoms with Gasteiger partial charge in [-0.3, -0.25) is 19.2 Å². The lowest BCUT2D eigenvalue weighted by Gasteiger charge is -2.23. The highest BCUT2D eigenvalue weighted by atomic mass is 35.5. The van der Waals surface area contributed by atoms with Crippen LogP contribution in [0.1, 0.15) is 42.6 Å². The van der Waals surface area contributed by atoms with E-state index < -0.39 is 23.9 Å². The summed E-state index contributed by atoms with van der Waals surface area (Å²) >= 11 is 12.1. The number of benzene rings is 2. The number of anilines is 1. The first-order valence-electron chi connectivity index (χ1n) is 10.1. The van der Waals surface area contributed by atoms with Gasteiger partial charge in [-0.1, -0.05) is 43.1 Å². The zero-order valence-corrected chi connectivity index (χ0v) is 20.0. The molecule has 0 atom stereocenters. The fourth-order valence-electron chi connectivity index (χ4n) is 3.00. The fraction of sp³-hybridized carbons (Fsp3) is 0.333. The van der Waals surface area contributed by atoms with Crippen molar-refractivity contribution >= 4 is 52.3 Å². The Bertz CT molecular complexity index is 1020. The van der Waals surface area contributed by atoms with Gasteiger partial charge in [-0.05, 0) is 47.9 Å². The minimum atomic E-state index is -0.720. The summed E-state index contributed by atoms with van der Waals surface area (Å²) in [6, 6.07) is 11.5. The van der Waals surface area contributed by atoms with Crippen LogP contribution < -0.4 is 4.90 Å². The van der Waals surface area contributed by atoms with E-state index in [1.54, 1.807) is 56.6 Å². The topological polar surface area (TPSA) is 74.8 Å². The molecule has 0 unspecified atom stereocenters. The van der Waals surface area contributed by atoms with Crippen molar-refractivity contribution < 1.29 is 19.2 Å². The van der Waals surface area contributed by atoms with Gasteiger partial charge < -0.3 is 9.80 Å². The van der Waals surface area contributed by atoms with E-state index in [0.29, 0.717) is 26.9 Å². The molecule has 0 heterocycles. The zero-order valence-electron chi connectivity index (χ0n) is 18.5. The molecular formula is C24H26Cl2N2O4. The number of hydrogen-bond donors (Lipinski definition) is 0. The number of halogens is 2. The summed E-state index contributed by atoms with van der Waals surface area (Å²) in [5.74, 6) is -1.95. The van der Waals surface area contributed by atoms with Crippen molar-refractivity contribution in [2.75, 3.05) is 19.0 Å². The van der Waals surface area contributed by atoms with Crippen molar-refractivity contribution in [2.45, 2.75) is 33.2 Å². The van der Waals surface area contributed by atoms with Crippen molar-refractivity contribution in [1.29, 1.82) is 0 Å². The van der Waals surface area contributed by atoms with E-state index in [9.17, 15) is 19.2 Å². The van der Waals surface area contributed by atoms with Gasteiger partial charge in [0.15, 0.2) is 5.78 Å². The molecule has 0 spiro atoms. The number of rotatable bonds is 9. The van der Waals surface area contributed by atoms with Crippen molar-refractivity contribution in [2.24, 2.45) is 5.92 Å². The first-order chi connectivity index (χ1) is 15.0. The Labute approximate surface area is 198 Å². The molecule has 0 aromatic heterocycles. The molecule has 0 aliphatic heterocycles. The van der Waals surface area contributed by atoms with Gasteiger partial charge in [0.05, 0.1) is 23.0 Å². The molecule has 0 N–H and O–H groups in total. The Hall–Kier alpha value is -2.70. The maximum Gasteiger partial charge on any atom is 0.253 e. The molecule has 2 aromatic rings. The van der Waals surface area contributed by atoms with Gasteiger partial charge >= 0.3 is 0 Å². The van der Waals surface area contributed by atoms with Crippen LogP contribution in [-0.2, 0) is 20.9 Å². The lowest BCUT2D eigenvalue weighted by atomic mass is 10.0. The Balaban J connectivity index is 2.32. The maximum atomic E-state index is 13.0. The lowest BCUT2D eigenvalue weighted by molar-refractivity contribution is -0.139. The highest BCUT2D eigenvalue weighted by Crippen LogP contribution is 2.25. The SMILES string of the molecule is CC(C)CC(=O)C(=O)CC(=O)N(Cc1ccc(Cl)c(Cl)c1)c1ccc(C(=O)N(C)C)cc1. The molecule has 8 heteroatoms. The van der Waals surface area contributed by atoms with Crippen LogP contribution in [0.5, 0.6) is 0 Å². The molecule has 2 amide bonds. The Morgan fingerprint density at radius 3 is 2.03 bits per heavy atom. The molecule has 0 aliphatic carbocycles.